The standard InChI is InChI=1S/C7H14N2/c1-3-4-7(9)6(2)5-8/h3-4H,5,8-9H2,1-2H3/b4-3-,7-6+. The molecule has 4 N–H and O–H groups in total. The predicted octanol–water partition coefficient (Wildman–Crippen LogP) is 0.754. The van der Waals surface area contributed by atoms with Crippen LogP contribution in [0.25, 0.3) is 0 Å². The second kappa shape index (κ2) is 4.15. The van der Waals surface area contributed by atoms with Crippen LogP contribution < -0.4 is 11.5 Å². The van der Waals surface area contributed by atoms with Crippen molar-refractivity contribution >= 4 is 0 Å². The third kappa shape index (κ3) is 2.93. The van der Waals surface area contributed by atoms with Gasteiger partial charge in [-0.25, -0.2) is 0 Å². The van der Waals surface area contributed by atoms with Gasteiger partial charge in [0.05, 0.1) is 0 Å². The normalized spacial score (nSPS) is 14.1. The molecule has 0 bridgehead atoms. The number of allylic oxidation sites excluding steroid dienone is 2. The molecule has 0 amide bonds. The molecule has 0 radical (unpaired) electrons. The van der Waals surface area contributed by atoms with E-state index in [0.717, 1.165) is 11.3 Å². The maximum atomic E-state index is 5.55. The van der Waals surface area contributed by atoms with Crippen molar-refractivity contribution in [1.82, 2.24) is 0 Å². The lowest BCUT2D eigenvalue weighted by atomic mass is 10.2. The Hall–Kier alpha value is -0.760. The minimum absolute atomic E-state index is 0.538. The Labute approximate surface area is 56.2 Å². The van der Waals surface area contributed by atoms with E-state index in [1.54, 1.807) is 0 Å². The van der Waals surface area contributed by atoms with Crippen molar-refractivity contribution in [3.05, 3.63) is 23.4 Å². The molecule has 9 heavy (non-hydrogen) atoms. The van der Waals surface area contributed by atoms with Crippen LogP contribution in [-0.4, -0.2) is 6.54 Å². The highest BCUT2D eigenvalue weighted by molar-refractivity contribution is 5.21. The van der Waals surface area contributed by atoms with Crippen LogP contribution in [0.5, 0.6) is 0 Å². The smallest absolute Gasteiger partial charge is 0.0312 e. The largest absolute Gasteiger partial charge is 0.399 e. The first-order chi connectivity index (χ1) is 4.22. The lowest BCUT2D eigenvalue weighted by Gasteiger charge is -1.97. The summed E-state index contributed by atoms with van der Waals surface area (Å²) in [6.45, 7) is 4.39. The van der Waals surface area contributed by atoms with Crippen molar-refractivity contribution in [2.24, 2.45) is 11.5 Å². The van der Waals surface area contributed by atoms with Gasteiger partial charge in [0, 0.05) is 12.2 Å². The molecule has 0 heterocycles. The second-order valence-corrected chi connectivity index (χ2v) is 1.94. The molecule has 0 aliphatic carbocycles. The molecule has 52 valence electrons. The third-order valence-electron chi connectivity index (χ3n) is 1.15. The summed E-state index contributed by atoms with van der Waals surface area (Å²) in [5.41, 5.74) is 12.7. The van der Waals surface area contributed by atoms with Gasteiger partial charge in [-0.1, -0.05) is 6.08 Å². The second-order valence-electron chi connectivity index (χ2n) is 1.94. The van der Waals surface area contributed by atoms with E-state index in [1.165, 1.54) is 0 Å². The lowest BCUT2D eigenvalue weighted by Crippen LogP contribution is -2.07. The van der Waals surface area contributed by atoms with Gasteiger partial charge in [-0.05, 0) is 25.5 Å². The molecule has 0 saturated heterocycles. The Morgan fingerprint density at radius 1 is 1.56 bits per heavy atom. The summed E-state index contributed by atoms with van der Waals surface area (Å²) in [6, 6.07) is 0. The van der Waals surface area contributed by atoms with E-state index in [-0.39, 0.29) is 0 Å². The summed E-state index contributed by atoms with van der Waals surface area (Å²) in [4.78, 5) is 0. The zero-order chi connectivity index (χ0) is 7.28. The molecule has 0 aliphatic heterocycles. The summed E-state index contributed by atoms with van der Waals surface area (Å²) in [5, 5.41) is 0. The third-order valence-corrected chi connectivity index (χ3v) is 1.15. The summed E-state index contributed by atoms with van der Waals surface area (Å²) >= 11 is 0. The van der Waals surface area contributed by atoms with Gasteiger partial charge in [0.2, 0.25) is 0 Å². The van der Waals surface area contributed by atoms with E-state index < -0.39 is 0 Å². The van der Waals surface area contributed by atoms with Crippen LogP contribution in [0.3, 0.4) is 0 Å². The van der Waals surface area contributed by atoms with E-state index in [2.05, 4.69) is 0 Å². The highest BCUT2D eigenvalue weighted by Crippen LogP contribution is 1.95. The van der Waals surface area contributed by atoms with Crippen LogP contribution in [0.2, 0.25) is 0 Å². The fourth-order valence-corrected chi connectivity index (χ4v) is 0.440. The number of hydrogen-bond acceptors (Lipinski definition) is 2. The molecular weight excluding hydrogens is 112 g/mol. The Balaban J connectivity index is 4.10. The molecular formula is C7H14N2. The van der Waals surface area contributed by atoms with E-state index in [1.807, 2.05) is 26.0 Å². The van der Waals surface area contributed by atoms with Gasteiger partial charge in [-0.2, -0.15) is 0 Å². The summed E-state index contributed by atoms with van der Waals surface area (Å²) < 4.78 is 0. The maximum Gasteiger partial charge on any atom is 0.0312 e. The summed E-state index contributed by atoms with van der Waals surface area (Å²) in [5.74, 6) is 0. The fourth-order valence-electron chi connectivity index (χ4n) is 0.440. The van der Waals surface area contributed by atoms with Gasteiger partial charge in [-0.3, -0.25) is 0 Å². The van der Waals surface area contributed by atoms with Crippen LogP contribution in [0.4, 0.5) is 0 Å². The zero-order valence-electron chi connectivity index (χ0n) is 6.02. The van der Waals surface area contributed by atoms with Gasteiger partial charge >= 0.3 is 0 Å². The zero-order valence-corrected chi connectivity index (χ0v) is 6.02. The average Bonchev–Trinajstić information content (AvgIpc) is 1.87. The minimum atomic E-state index is 0.538. The average molecular weight is 126 g/mol. The van der Waals surface area contributed by atoms with E-state index >= 15 is 0 Å². The molecule has 2 heteroatoms. The fraction of sp³-hybridized carbons (Fsp3) is 0.429. The number of rotatable bonds is 2. The first-order valence-corrected chi connectivity index (χ1v) is 3.00. The summed E-state index contributed by atoms with van der Waals surface area (Å²) in [6.07, 6.45) is 3.75. The molecule has 0 aromatic rings. The number of hydrogen-bond donors (Lipinski definition) is 2. The quantitative estimate of drug-likeness (QED) is 0.536. The van der Waals surface area contributed by atoms with Crippen molar-refractivity contribution < 1.29 is 0 Å². The topological polar surface area (TPSA) is 52.0 Å². The number of nitrogens with two attached hydrogens (primary N) is 2. The van der Waals surface area contributed by atoms with Gasteiger partial charge < -0.3 is 11.5 Å². The molecule has 0 aromatic carbocycles. The van der Waals surface area contributed by atoms with Gasteiger partial charge in [-0.15, -0.1) is 0 Å². The summed E-state index contributed by atoms with van der Waals surface area (Å²) in [7, 11) is 0. The van der Waals surface area contributed by atoms with Gasteiger partial charge in [0.15, 0.2) is 0 Å². The molecule has 2 nitrogen and oxygen atoms in total. The molecule has 0 atom stereocenters. The molecule has 0 unspecified atom stereocenters. The SMILES string of the molecule is C/C=C\C(N)=C(\C)CN. The van der Waals surface area contributed by atoms with E-state index in [4.69, 9.17) is 11.5 Å². The van der Waals surface area contributed by atoms with Crippen LogP contribution in [0.15, 0.2) is 23.4 Å². The Morgan fingerprint density at radius 2 is 2.11 bits per heavy atom. The van der Waals surface area contributed by atoms with Crippen molar-refractivity contribution in [2.75, 3.05) is 6.54 Å². The van der Waals surface area contributed by atoms with Crippen LogP contribution in [0.1, 0.15) is 13.8 Å². The predicted molar refractivity (Wildman–Crippen MR) is 40.8 cm³/mol. The Bertz CT molecular complexity index is 134. The monoisotopic (exact) mass is 126 g/mol. The van der Waals surface area contributed by atoms with Crippen LogP contribution >= 0.6 is 0 Å². The first-order valence-electron chi connectivity index (χ1n) is 3.00. The molecule has 0 spiro atoms. The highest BCUT2D eigenvalue weighted by Gasteiger charge is 1.87. The van der Waals surface area contributed by atoms with Gasteiger partial charge in [0.1, 0.15) is 0 Å². The van der Waals surface area contributed by atoms with Crippen molar-refractivity contribution in [3.63, 3.8) is 0 Å². The van der Waals surface area contributed by atoms with E-state index in [9.17, 15) is 0 Å². The lowest BCUT2D eigenvalue weighted by molar-refractivity contribution is 1.10. The van der Waals surface area contributed by atoms with Crippen LogP contribution in [0, 0.1) is 0 Å². The molecule has 0 aliphatic rings. The van der Waals surface area contributed by atoms with Crippen molar-refractivity contribution in [1.29, 1.82) is 0 Å². The Morgan fingerprint density at radius 3 is 2.44 bits per heavy atom. The van der Waals surface area contributed by atoms with Crippen molar-refractivity contribution in [3.8, 4) is 0 Å². The molecule has 0 saturated carbocycles. The minimum Gasteiger partial charge on any atom is -0.399 e. The van der Waals surface area contributed by atoms with Crippen LogP contribution in [-0.2, 0) is 0 Å². The first kappa shape index (κ1) is 8.24. The van der Waals surface area contributed by atoms with Gasteiger partial charge in [0.25, 0.3) is 0 Å². The van der Waals surface area contributed by atoms with Crippen molar-refractivity contribution in [2.45, 2.75) is 13.8 Å². The Kier molecular flexibility index (Phi) is 3.80. The highest BCUT2D eigenvalue weighted by atomic mass is 14.6. The maximum absolute atomic E-state index is 5.55. The molecule has 0 fully saturated rings. The molecule has 0 aromatic heterocycles. The van der Waals surface area contributed by atoms with E-state index in [0.29, 0.717) is 6.54 Å². The molecule has 0 rings (SSSR count).